The second-order valence-electron chi connectivity index (χ2n) is 4.60. The van der Waals surface area contributed by atoms with Crippen molar-refractivity contribution in [2.24, 2.45) is 5.10 Å². The minimum Gasteiger partial charge on any atom is -0.486 e. The Kier molecular flexibility index (Phi) is 3.91. The number of nitrogens with one attached hydrogen (secondary N) is 3. The van der Waals surface area contributed by atoms with Gasteiger partial charge in [-0.3, -0.25) is 14.6 Å². The van der Waals surface area contributed by atoms with E-state index in [0.29, 0.717) is 30.3 Å². The van der Waals surface area contributed by atoms with E-state index in [1.807, 2.05) is 4.98 Å². The minimum atomic E-state index is -0.655. The molecule has 3 N–H and O–H groups in total. The van der Waals surface area contributed by atoms with E-state index in [9.17, 15) is 14.4 Å². The molecular weight excluding hydrogens is 304 g/mol. The second kappa shape index (κ2) is 6.18. The Morgan fingerprint density at radius 2 is 1.91 bits per heavy atom. The van der Waals surface area contributed by atoms with E-state index in [0.717, 1.165) is 12.3 Å². The number of carbonyl (C=O) groups excluding carboxylic acids is 1. The van der Waals surface area contributed by atoms with Crippen LogP contribution in [0.1, 0.15) is 16.1 Å². The second-order valence-corrected chi connectivity index (χ2v) is 4.60. The van der Waals surface area contributed by atoms with Crippen LogP contribution in [0.25, 0.3) is 0 Å². The van der Waals surface area contributed by atoms with E-state index in [1.54, 1.807) is 18.2 Å². The molecule has 118 valence electrons. The molecule has 2 heterocycles. The third-order valence-corrected chi connectivity index (χ3v) is 2.96. The van der Waals surface area contributed by atoms with E-state index >= 15 is 0 Å². The van der Waals surface area contributed by atoms with Gasteiger partial charge in [0, 0.05) is 11.6 Å². The number of aromatic amines is 2. The first kappa shape index (κ1) is 14.6. The van der Waals surface area contributed by atoms with E-state index in [4.69, 9.17) is 9.47 Å². The summed E-state index contributed by atoms with van der Waals surface area (Å²) in [5.41, 5.74) is 1.58. The molecule has 0 atom stereocenters. The molecule has 1 aliphatic rings. The van der Waals surface area contributed by atoms with E-state index in [-0.39, 0.29) is 5.69 Å². The van der Waals surface area contributed by atoms with Crippen LogP contribution in [0.4, 0.5) is 0 Å². The van der Waals surface area contributed by atoms with Crippen molar-refractivity contribution < 1.29 is 14.3 Å². The summed E-state index contributed by atoms with van der Waals surface area (Å²) in [5, 5.41) is 3.69. The molecule has 3 rings (SSSR count). The highest BCUT2D eigenvalue weighted by atomic mass is 16.6. The van der Waals surface area contributed by atoms with Crippen molar-refractivity contribution in [2.75, 3.05) is 13.2 Å². The van der Waals surface area contributed by atoms with Gasteiger partial charge in [0.25, 0.3) is 11.5 Å². The van der Waals surface area contributed by atoms with Gasteiger partial charge in [-0.25, -0.2) is 10.2 Å². The molecule has 0 spiro atoms. The Labute approximate surface area is 129 Å². The van der Waals surface area contributed by atoms with Gasteiger partial charge in [-0.05, 0) is 18.2 Å². The van der Waals surface area contributed by atoms with Crippen LogP contribution in [0, 0.1) is 0 Å². The first-order valence-electron chi connectivity index (χ1n) is 6.68. The summed E-state index contributed by atoms with van der Waals surface area (Å²) < 4.78 is 10.8. The van der Waals surface area contributed by atoms with Crippen LogP contribution in [0.15, 0.2) is 39.0 Å². The number of aromatic nitrogens is 2. The average molecular weight is 316 g/mol. The normalized spacial score (nSPS) is 13.0. The number of rotatable bonds is 3. The maximum Gasteiger partial charge on any atom is 0.326 e. The van der Waals surface area contributed by atoms with Crippen molar-refractivity contribution in [1.29, 1.82) is 0 Å². The fourth-order valence-electron chi connectivity index (χ4n) is 1.97. The van der Waals surface area contributed by atoms with Crippen LogP contribution in [-0.4, -0.2) is 35.3 Å². The van der Waals surface area contributed by atoms with Crippen LogP contribution >= 0.6 is 0 Å². The molecule has 0 aliphatic carbocycles. The lowest BCUT2D eigenvalue weighted by atomic mass is 10.2. The van der Waals surface area contributed by atoms with Crippen molar-refractivity contribution in [3.8, 4) is 11.5 Å². The molecule has 9 heteroatoms. The number of fused-ring (bicyclic) bond motifs is 1. The lowest BCUT2D eigenvalue weighted by Crippen LogP contribution is -2.23. The topological polar surface area (TPSA) is 126 Å². The molecular formula is C14H12N4O5. The zero-order chi connectivity index (χ0) is 16.2. The van der Waals surface area contributed by atoms with Gasteiger partial charge < -0.3 is 14.5 Å². The molecule has 1 aromatic heterocycles. The number of ether oxygens (including phenoxy) is 2. The van der Waals surface area contributed by atoms with Gasteiger partial charge in [0.15, 0.2) is 11.5 Å². The van der Waals surface area contributed by atoms with Crippen LogP contribution in [-0.2, 0) is 0 Å². The van der Waals surface area contributed by atoms with E-state index in [1.165, 1.54) is 0 Å². The highest BCUT2D eigenvalue weighted by Crippen LogP contribution is 2.30. The van der Waals surface area contributed by atoms with E-state index in [2.05, 4.69) is 15.5 Å². The van der Waals surface area contributed by atoms with Crippen molar-refractivity contribution >= 4 is 12.1 Å². The largest absolute Gasteiger partial charge is 0.486 e. The lowest BCUT2D eigenvalue weighted by Gasteiger charge is -2.18. The zero-order valence-corrected chi connectivity index (χ0v) is 11.8. The predicted octanol–water partition coefficient (Wildman–Crippen LogP) is -0.402. The average Bonchev–Trinajstić information content (AvgIpc) is 2.53. The Morgan fingerprint density at radius 1 is 1.13 bits per heavy atom. The van der Waals surface area contributed by atoms with Crippen molar-refractivity contribution in [3.05, 3.63) is 56.4 Å². The van der Waals surface area contributed by atoms with Gasteiger partial charge >= 0.3 is 5.69 Å². The van der Waals surface area contributed by atoms with Gasteiger partial charge in [0.2, 0.25) is 0 Å². The smallest absolute Gasteiger partial charge is 0.326 e. The molecule has 0 radical (unpaired) electrons. The van der Waals surface area contributed by atoms with Crippen molar-refractivity contribution in [2.45, 2.75) is 0 Å². The van der Waals surface area contributed by atoms with Crippen LogP contribution in [0.3, 0.4) is 0 Å². The summed E-state index contributed by atoms with van der Waals surface area (Å²) in [4.78, 5) is 38.6. The Balaban J connectivity index is 1.70. The first-order chi connectivity index (χ1) is 11.1. The summed E-state index contributed by atoms with van der Waals surface area (Å²) >= 11 is 0. The molecule has 0 saturated carbocycles. The number of hydrazone groups is 1. The third kappa shape index (κ3) is 3.46. The maximum atomic E-state index is 12.0. The standard InChI is InChI=1S/C14H12N4O5/c19-12-6-9(16-14(21)17-12)7-15-18-13(20)8-1-2-10-11(5-8)23-4-3-22-10/h1-2,5-7H,3-4H2,(H,18,20)(H2,16,17,19,21)/b15-7-. The van der Waals surface area contributed by atoms with Crippen molar-refractivity contribution in [3.63, 3.8) is 0 Å². The van der Waals surface area contributed by atoms with E-state index < -0.39 is 17.2 Å². The molecule has 0 bridgehead atoms. The SMILES string of the molecule is O=C(N/N=C\c1cc(=O)[nH]c(=O)[nH]1)c1ccc2c(c1)OCCO2. The molecule has 23 heavy (non-hydrogen) atoms. The molecule has 0 fully saturated rings. The monoisotopic (exact) mass is 316 g/mol. The maximum absolute atomic E-state index is 12.0. The zero-order valence-electron chi connectivity index (χ0n) is 11.8. The Hall–Kier alpha value is -3.36. The summed E-state index contributed by atoms with van der Waals surface area (Å²) in [7, 11) is 0. The van der Waals surface area contributed by atoms with Crippen LogP contribution in [0.2, 0.25) is 0 Å². The fourth-order valence-corrected chi connectivity index (χ4v) is 1.97. The van der Waals surface area contributed by atoms with Crippen molar-refractivity contribution in [1.82, 2.24) is 15.4 Å². The van der Waals surface area contributed by atoms with Crippen LogP contribution in [0.5, 0.6) is 11.5 Å². The Morgan fingerprint density at radius 3 is 2.70 bits per heavy atom. The quantitative estimate of drug-likeness (QED) is 0.524. The fraction of sp³-hybridized carbons (Fsp3) is 0.143. The third-order valence-electron chi connectivity index (χ3n) is 2.96. The molecule has 0 saturated heterocycles. The Bertz CT molecular complexity index is 855. The molecule has 0 unspecified atom stereocenters. The van der Waals surface area contributed by atoms with Gasteiger partial charge in [-0.15, -0.1) is 0 Å². The number of carbonyl (C=O) groups is 1. The highest BCUT2D eigenvalue weighted by molar-refractivity contribution is 5.95. The summed E-state index contributed by atoms with van der Waals surface area (Å²) in [6, 6.07) is 5.91. The van der Waals surface area contributed by atoms with Gasteiger partial charge in [-0.1, -0.05) is 0 Å². The summed E-state index contributed by atoms with van der Waals surface area (Å²) in [5.74, 6) is 0.606. The molecule has 1 amide bonds. The predicted molar refractivity (Wildman–Crippen MR) is 80.2 cm³/mol. The first-order valence-corrected chi connectivity index (χ1v) is 6.68. The van der Waals surface area contributed by atoms with Gasteiger partial charge in [0.1, 0.15) is 13.2 Å². The minimum absolute atomic E-state index is 0.168. The lowest BCUT2D eigenvalue weighted by molar-refractivity contribution is 0.0954. The number of H-pyrrole nitrogens is 2. The molecule has 2 aromatic rings. The van der Waals surface area contributed by atoms with Gasteiger partial charge in [-0.2, -0.15) is 5.10 Å². The molecule has 1 aliphatic heterocycles. The van der Waals surface area contributed by atoms with Crippen LogP contribution < -0.4 is 26.1 Å². The van der Waals surface area contributed by atoms with Gasteiger partial charge in [0.05, 0.1) is 11.9 Å². The molecule has 1 aromatic carbocycles. The number of hydrogen-bond donors (Lipinski definition) is 3. The summed E-state index contributed by atoms with van der Waals surface area (Å²) in [6.07, 6.45) is 1.16. The number of amides is 1. The highest BCUT2D eigenvalue weighted by Gasteiger charge is 2.14. The number of nitrogens with zero attached hydrogens (tertiary/aromatic N) is 1. The summed E-state index contributed by atoms with van der Waals surface area (Å²) in [6.45, 7) is 0.892. The molecule has 9 nitrogen and oxygen atoms in total. The number of benzene rings is 1. The number of hydrogen-bond acceptors (Lipinski definition) is 6.